The summed E-state index contributed by atoms with van der Waals surface area (Å²) in [6.45, 7) is 0.762. The maximum atomic E-state index is 12.6. The second kappa shape index (κ2) is 8.05. The van der Waals surface area contributed by atoms with Crippen LogP contribution in [-0.2, 0) is 10.0 Å². The second-order valence-corrected chi connectivity index (χ2v) is 8.54. The summed E-state index contributed by atoms with van der Waals surface area (Å²) in [5.74, 6) is -0.0855. The first-order valence-corrected chi connectivity index (χ1v) is 10.1. The van der Waals surface area contributed by atoms with Crippen molar-refractivity contribution in [1.82, 2.24) is 4.31 Å². The molecule has 1 N–H and O–H groups in total. The van der Waals surface area contributed by atoms with Gasteiger partial charge < -0.3 is 14.8 Å². The van der Waals surface area contributed by atoms with Gasteiger partial charge in [-0.05, 0) is 24.3 Å². The Morgan fingerprint density at radius 3 is 2.24 bits per heavy atom. The van der Waals surface area contributed by atoms with E-state index in [4.69, 9.17) is 9.47 Å². The fraction of sp³-hybridized carbons (Fsp3) is 0.278. The molecule has 1 aliphatic rings. The number of nitrogens with one attached hydrogen (secondary N) is 1. The van der Waals surface area contributed by atoms with Crippen molar-refractivity contribution < 1.29 is 27.6 Å². The van der Waals surface area contributed by atoms with Crippen LogP contribution in [0.3, 0.4) is 0 Å². The van der Waals surface area contributed by atoms with Gasteiger partial charge in [-0.15, -0.1) is 0 Å². The van der Waals surface area contributed by atoms with Crippen LogP contribution in [0.2, 0.25) is 0 Å². The van der Waals surface area contributed by atoms with Crippen LogP contribution in [0.4, 0.5) is 11.4 Å². The monoisotopic (exact) mass is 421 g/mol. The van der Waals surface area contributed by atoms with Crippen LogP contribution >= 0.6 is 0 Å². The van der Waals surface area contributed by atoms with Crippen LogP contribution in [0.15, 0.2) is 41.3 Å². The lowest BCUT2D eigenvalue weighted by Gasteiger charge is -2.13. The van der Waals surface area contributed by atoms with Gasteiger partial charge >= 0.3 is 0 Å². The molecular formula is C18H19N3O7S. The Balaban J connectivity index is 1.88. The molecule has 0 aliphatic carbocycles. The molecule has 0 unspecified atom stereocenters. The predicted octanol–water partition coefficient (Wildman–Crippen LogP) is 2.26. The highest BCUT2D eigenvalue weighted by atomic mass is 32.2. The van der Waals surface area contributed by atoms with Crippen molar-refractivity contribution in [1.29, 1.82) is 0 Å². The highest BCUT2D eigenvalue weighted by Crippen LogP contribution is 2.39. The van der Waals surface area contributed by atoms with Gasteiger partial charge in [0, 0.05) is 32.1 Å². The molecule has 1 heterocycles. The Bertz CT molecular complexity index is 1050. The SMILES string of the molecule is CN(C)S(=O)(=O)c1ccc(C(=O)Nc2cc3c(cc2[N+](=O)[O-])OCCCO3)cc1. The van der Waals surface area contributed by atoms with E-state index in [2.05, 4.69) is 5.32 Å². The van der Waals surface area contributed by atoms with Gasteiger partial charge in [-0.25, -0.2) is 12.7 Å². The third-order valence-electron chi connectivity index (χ3n) is 4.21. The Labute approximate surface area is 167 Å². The van der Waals surface area contributed by atoms with Crippen LogP contribution in [0.1, 0.15) is 16.8 Å². The molecule has 0 saturated carbocycles. The van der Waals surface area contributed by atoms with Gasteiger partial charge in [-0.3, -0.25) is 14.9 Å². The van der Waals surface area contributed by atoms with Crippen molar-refractivity contribution >= 4 is 27.3 Å². The van der Waals surface area contributed by atoms with Crippen molar-refractivity contribution in [2.75, 3.05) is 32.6 Å². The molecule has 0 atom stereocenters. The van der Waals surface area contributed by atoms with Gasteiger partial charge in [0.1, 0.15) is 5.69 Å². The number of hydrogen-bond acceptors (Lipinski definition) is 7. The van der Waals surface area contributed by atoms with E-state index >= 15 is 0 Å². The number of hydrogen-bond donors (Lipinski definition) is 1. The topological polar surface area (TPSA) is 128 Å². The van der Waals surface area contributed by atoms with Gasteiger partial charge in [-0.2, -0.15) is 0 Å². The molecular weight excluding hydrogens is 402 g/mol. The number of rotatable bonds is 5. The van der Waals surface area contributed by atoms with Crippen molar-refractivity contribution in [3.8, 4) is 11.5 Å². The van der Waals surface area contributed by atoms with E-state index in [1.165, 1.54) is 50.5 Å². The van der Waals surface area contributed by atoms with Gasteiger partial charge in [0.15, 0.2) is 11.5 Å². The number of sulfonamides is 1. The van der Waals surface area contributed by atoms with E-state index in [0.717, 1.165) is 4.31 Å². The van der Waals surface area contributed by atoms with E-state index in [-0.39, 0.29) is 27.6 Å². The van der Waals surface area contributed by atoms with Crippen LogP contribution in [0, 0.1) is 10.1 Å². The first-order valence-electron chi connectivity index (χ1n) is 8.62. The number of amides is 1. The Kier molecular flexibility index (Phi) is 5.71. The minimum Gasteiger partial charge on any atom is -0.489 e. The van der Waals surface area contributed by atoms with Crippen molar-refractivity contribution in [3.05, 3.63) is 52.1 Å². The van der Waals surface area contributed by atoms with Gasteiger partial charge in [0.25, 0.3) is 11.6 Å². The summed E-state index contributed by atoms with van der Waals surface area (Å²) in [4.78, 5) is 23.4. The Hall–Kier alpha value is -3.18. The highest BCUT2D eigenvalue weighted by Gasteiger charge is 2.24. The predicted molar refractivity (Wildman–Crippen MR) is 104 cm³/mol. The zero-order valence-electron chi connectivity index (χ0n) is 15.7. The number of ether oxygens (including phenoxy) is 2. The molecule has 0 bridgehead atoms. The third-order valence-corrected chi connectivity index (χ3v) is 6.04. The van der Waals surface area contributed by atoms with Crippen molar-refractivity contribution in [2.45, 2.75) is 11.3 Å². The Morgan fingerprint density at radius 2 is 1.69 bits per heavy atom. The van der Waals surface area contributed by atoms with Gasteiger partial charge in [-0.1, -0.05) is 0 Å². The first kappa shape index (κ1) is 20.6. The van der Waals surface area contributed by atoms with Crippen LogP contribution in [0.5, 0.6) is 11.5 Å². The number of anilines is 1. The summed E-state index contributed by atoms with van der Waals surface area (Å²) in [5, 5.41) is 13.9. The van der Waals surface area contributed by atoms with E-state index in [0.29, 0.717) is 25.4 Å². The lowest BCUT2D eigenvalue weighted by Crippen LogP contribution is -2.22. The third kappa shape index (κ3) is 4.30. The normalized spacial score (nSPS) is 13.6. The summed E-state index contributed by atoms with van der Waals surface area (Å²) >= 11 is 0. The van der Waals surface area contributed by atoms with E-state index in [9.17, 15) is 23.3 Å². The maximum absolute atomic E-state index is 12.6. The fourth-order valence-corrected chi connectivity index (χ4v) is 3.53. The number of fused-ring (bicyclic) bond motifs is 1. The standard InChI is InChI=1S/C18H19N3O7S/c1-20(2)29(25,26)13-6-4-12(5-7-13)18(22)19-14-10-16-17(11-15(14)21(23)24)28-9-3-8-27-16/h4-7,10-11H,3,8-9H2,1-2H3,(H,19,22). The van der Waals surface area contributed by atoms with Crippen molar-refractivity contribution in [3.63, 3.8) is 0 Å². The molecule has 2 aromatic carbocycles. The zero-order valence-corrected chi connectivity index (χ0v) is 16.6. The van der Waals surface area contributed by atoms with E-state index < -0.39 is 20.9 Å². The molecule has 0 fully saturated rings. The van der Waals surface area contributed by atoms with Gasteiger partial charge in [0.05, 0.1) is 29.1 Å². The maximum Gasteiger partial charge on any atom is 0.296 e. The Morgan fingerprint density at radius 1 is 1.10 bits per heavy atom. The molecule has 0 radical (unpaired) electrons. The van der Waals surface area contributed by atoms with Crippen molar-refractivity contribution in [2.24, 2.45) is 0 Å². The summed E-state index contributed by atoms with van der Waals surface area (Å²) in [6, 6.07) is 7.82. The number of benzene rings is 2. The number of nitrogens with zero attached hydrogens (tertiary/aromatic N) is 2. The summed E-state index contributed by atoms with van der Waals surface area (Å²) in [6.07, 6.45) is 0.631. The van der Waals surface area contributed by atoms with E-state index in [1.54, 1.807) is 0 Å². The smallest absolute Gasteiger partial charge is 0.296 e. The lowest BCUT2D eigenvalue weighted by atomic mass is 10.2. The molecule has 1 amide bonds. The molecule has 1 aliphatic heterocycles. The molecule has 11 heteroatoms. The molecule has 3 rings (SSSR count). The summed E-state index contributed by atoms with van der Waals surface area (Å²) in [7, 11) is -0.824. The van der Waals surface area contributed by atoms with Gasteiger partial charge in [0.2, 0.25) is 10.0 Å². The molecule has 29 heavy (non-hydrogen) atoms. The number of nitro groups is 1. The average molecular weight is 421 g/mol. The lowest BCUT2D eigenvalue weighted by molar-refractivity contribution is -0.384. The molecule has 154 valence electrons. The minimum absolute atomic E-state index is 0.0283. The molecule has 0 saturated heterocycles. The number of carbonyl (C=O) groups is 1. The van der Waals surface area contributed by atoms with Crippen LogP contribution < -0.4 is 14.8 Å². The fourth-order valence-electron chi connectivity index (χ4n) is 2.63. The van der Waals surface area contributed by atoms with Crippen LogP contribution in [0.25, 0.3) is 0 Å². The highest BCUT2D eigenvalue weighted by molar-refractivity contribution is 7.89. The van der Waals surface area contributed by atoms with Crippen LogP contribution in [-0.4, -0.2) is 50.9 Å². The quantitative estimate of drug-likeness (QED) is 0.579. The minimum atomic E-state index is -3.63. The molecule has 0 spiro atoms. The second-order valence-electron chi connectivity index (χ2n) is 6.39. The summed E-state index contributed by atoms with van der Waals surface area (Å²) < 4.78 is 36.2. The number of carbonyl (C=O) groups excluding carboxylic acids is 1. The zero-order chi connectivity index (χ0) is 21.2. The average Bonchev–Trinajstić information content (AvgIpc) is 2.92. The molecule has 2 aromatic rings. The van der Waals surface area contributed by atoms with E-state index in [1.807, 2.05) is 0 Å². The summed E-state index contributed by atoms with van der Waals surface area (Å²) in [5.41, 5.74) is -0.243. The first-order chi connectivity index (χ1) is 13.7. The number of nitro benzene ring substituents is 1. The largest absolute Gasteiger partial charge is 0.489 e. The molecule has 0 aromatic heterocycles. The molecule has 10 nitrogen and oxygen atoms in total.